The van der Waals surface area contributed by atoms with Crippen molar-refractivity contribution < 1.29 is 18.1 Å². The van der Waals surface area contributed by atoms with E-state index in [1.54, 1.807) is 0 Å². The van der Waals surface area contributed by atoms with Gasteiger partial charge in [0.05, 0.1) is 6.10 Å². The second kappa shape index (κ2) is 14.2. The van der Waals surface area contributed by atoms with Crippen LogP contribution in [0.25, 0.3) is 0 Å². The molecule has 0 saturated heterocycles. The van der Waals surface area contributed by atoms with Crippen LogP contribution in [0.4, 0.5) is 0 Å². The van der Waals surface area contributed by atoms with E-state index in [0.717, 1.165) is 51.4 Å². The lowest BCUT2D eigenvalue weighted by molar-refractivity contribution is 0.146. The SMILES string of the molecule is CCCCCCCCCC(O)C(CCCCCCC)S(=O)(=O)O. The van der Waals surface area contributed by atoms with Crippen molar-refractivity contribution in [1.82, 2.24) is 0 Å². The molecule has 0 saturated carbocycles. The van der Waals surface area contributed by atoms with Gasteiger partial charge in [-0.1, -0.05) is 90.9 Å². The molecule has 0 aliphatic heterocycles. The maximum absolute atomic E-state index is 11.5. The van der Waals surface area contributed by atoms with E-state index in [9.17, 15) is 18.1 Å². The number of hydrogen-bond donors (Lipinski definition) is 2. The van der Waals surface area contributed by atoms with Gasteiger partial charge in [0.1, 0.15) is 5.25 Å². The zero-order valence-electron chi connectivity index (χ0n) is 15.2. The highest BCUT2D eigenvalue weighted by Crippen LogP contribution is 2.19. The second-order valence-electron chi connectivity index (χ2n) is 6.73. The van der Waals surface area contributed by atoms with Gasteiger partial charge in [-0.05, 0) is 12.8 Å². The lowest BCUT2D eigenvalue weighted by atomic mass is 10.0. The Morgan fingerprint density at radius 2 is 1.09 bits per heavy atom. The van der Waals surface area contributed by atoms with E-state index in [-0.39, 0.29) is 0 Å². The first kappa shape index (κ1) is 22.9. The molecule has 5 heteroatoms. The Kier molecular flexibility index (Phi) is 14.2. The van der Waals surface area contributed by atoms with Gasteiger partial charge in [0, 0.05) is 0 Å². The molecule has 0 bridgehead atoms. The van der Waals surface area contributed by atoms with Crippen LogP contribution in [0.1, 0.15) is 104 Å². The quantitative estimate of drug-likeness (QED) is 0.300. The van der Waals surface area contributed by atoms with Crippen LogP contribution in [0.15, 0.2) is 0 Å². The van der Waals surface area contributed by atoms with Crippen LogP contribution in [-0.2, 0) is 10.1 Å². The highest BCUT2D eigenvalue weighted by atomic mass is 32.2. The van der Waals surface area contributed by atoms with Crippen molar-refractivity contribution >= 4 is 10.1 Å². The molecule has 0 spiro atoms. The average molecular weight is 351 g/mol. The molecule has 0 rings (SSSR count). The number of unbranched alkanes of at least 4 members (excludes halogenated alkanes) is 10. The van der Waals surface area contributed by atoms with Gasteiger partial charge in [0.2, 0.25) is 0 Å². The number of hydrogen-bond acceptors (Lipinski definition) is 3. The predicted molar refractivity (Wildman–Crippen MR) is 97.3 cm³/mol. The Labute approximate surface area is 143 Å². The molecular formula is C18H38O4S. The van der Waals surface area contributed by atoms with E-state index >= 15 is 0 Å². The van der Waals surface area contributed by atoms with Gasteiger partial charge in [-0.25, -0.2) is 0 Å². The molecule has 4 nitrogen and oxygen atoms in total. The number of aliphatic hydroxyl groups excluding tert-OH is 1. The molecule has 0 radical (unpaired) electrons. The molecule has 2 atom stereocenters. The maximum atomic E-state index is 11.5. The Morgan fingerprint density at radius 1 is 0.696 bits per heavy atom. The van der Waals surface area contributed by atoms with Gasteiger partial charge in [0.15, 0.2) is 0 Å². The van der Waals surface area contributed by atoms with Gasteiger partial charge in [-0.3, -0.25) is 4.55 Å². The van der Waals surface area contributed by atoms with Crippen molar-refractivity contribution in [3.8, 4) is 0 Å². The zero-order valence-corrected chi connectivity index (χ0v) is 16.0. The minimum absolute atomic E-state index is 0.361. The van der Waals surface area contributed by atoms with Gasteiger partial charge in [-0.2, -0.15) is 8.42 Å². The summed E-state index contributed by atoms with van der Waals surface area (Å²) in [4.78, 5) is 0. The Hall–Kier alpha value is -0.130. The summed E-state index contributed by atoms with van der Waals surface area (Å²) in [5.41, 5.74) is 0. The molecule has 140 valence electrons. The second-order valence-corrected chi connectivity index (χ2v) is 8.37. The van der Waals surface area contributed by atoms with Crippen molar-refractivity contribution in [3.63, 3.8) is 0 Å². The van der Waals surface area contributed by atoms with Crippen LogP contribution in [0.3, 0.4) is 0 Å². The van der Waals surface area contributed by atoms with Gasteiger partial charge in [0.25, 0.3) is 10.1 Å². The van der Waals surface area contributed by atoms with Crippen molar-refractivity contribution in [3.05, 3.63) is 0 Å². The zero-order chi connectivity index (χ0) is 17.6. The van der Waals surface area contributed by atoms with Gasteiger partial charge < -0.3 is 5.11 Å². The molecule has 2 N–H and O–H groups in total. The standard InChI is InChI=1S/C18H38O4S/c1-3-5-7-9-10-12-13-15-17(19)18(23(20,21)22)16-14-11-8-6-4-2/h17-19H,3-16H2,1-2H3,(H,20,21,22). The van der Waals surface area contributed by atoms with Gasteiger partial charge >= 0.3 is 0 Å². The maximum Gasteiger partial charge on any atom is 0.270 e. The Bertz CT molecular complexity index is 354. The highest BCUT2D eigenvalue weighted by molar-refractivity contribution is 7.86. The van der Waals surface area contributed by atoms with E-state index in [1.165, 1.54) is 25.7 Å². The fourth-order valence-corrected chi connectivity index (χ4v) is 3.98. The molecule has 0 aromatic carbocycles. The van der Waals surface area contributed by atoms with Crippen molar-refractivity contribution in [1.29, 1.82) is 0 Å². The molecule has 0 aliphatic carbocycles. The van der Waals surface area contributed by atoms with E-state index < -0.39 is 21.5 Å². The Morgan fingerprint density at radius 3 is 1.52 bits per heavy atom. The first-order valence-corrected chi connectivity index (χ1v) is 11.1. The van der Waals surface area contributed by atoms with Gasteiger partial charge in [-0.15, -0.1) is 0 Å². The number of aliphatic hydroxyl groups is 1. The minimum atomic E-state index is -4.16. The lowest BCUT2D eigenvalue weighted by Crippen LogP contribution is -2.33. The first-order chi connectivity index (χ1) is 10.9. The van der Waals surface area contributed by atoms with Crippen LogP contribution in [0.2, 0.25) is 0 Å². The van der Waals surface area contributed by atoms with E-state index in [1.807, 2.05) is 0 Å². The summed E-state index contributed by atoms with van der Waals surface area (Å²) in [6, 6.07) is 0. The summed E-state index contributed by atoms with van der Waals surface area (Å²) in [6.45, 7) is 4.32. The van der Waals surface area contributed by atoms with E-state index in [4.69, 9.17) is 0 Å². The van der Waals surface area contributed by atoms with Crippen molar-refractivity contribution in [2.45, 2.75) is 115 Å². The Balaban J connectivity index is 4.00. The van der Waals surface area contributed by atoms with Crippen LogP contribution < -0.4 is 0 Å². The van der Waals surface area contributed by atoms with Crippen LogP contribution >= 0.6 is 0 Å². The van der Waals surface area contributed by atoms with Crippen molar-refractivity contribution in [2.75, 3.05) is 0 Å². The largest absolute Gasteiger partial charge is 0.392 e. The molecule has 0 aromatic rings. The minimum Gasteiger partial charge on any atom is -0.392 e. The third-order valence-electron chi connectivity index (χ3n) is 4.51. The highest BCUT2D eigenvalue weighted by Gasteiger charge is 2.29. The van der Waals surface area contributed by atoms with Crippen LogP contribution in [0, 0.1) is 0 Å². The summed E-state index contributed by atoms with van der Waals surface area (Å²) in [7, 11) is -4.16. The molecule has 0 aliphatic rings. The topological polar surface area (TPSA) is 74.6 Å². The molecule has 0 heterocycles. The van der Waals surface area contributed by atoms with Crippen molar-refractivity contribution in [2.24, 2.45) is 0 Å². The average Bonchev–Trinajstić information content (AvgIpc) is 2.48. The van der Waals surface area contributed by atoms with E-state index in [2.05, 4.69) is 13.8 Å². The smallest absolute Gasteiger partial charge is 0.270 e. The fourth-order valence-electron chi connectivity index (χ4n) is 2.99. The molecule has 0 amide bonds. The molecular weight excluding hydrogens is 312 g/mol. The third-order valence-corrected chi connectivity index (χ3v) is 5.82. The molecule has 2 unspecified atom stereocenters. The summed E-state index contributed by atoms with van der Waals surface area (Å²) >= 11 is 0. The molecule has 0 aromatic heterocycles. The lowest BCUT2D eigenvalue weighted by Gasteiger charge is -2.20. The summed E-state index contributed by atoms with van der Waals surface area (Å²) in [6.07, 6.45) is 12.9. The normalized spacial score (nSPS) is 14.8. The first-order valence-electron chi connectivity index (χ1n) is 9.57. The number of rotatable bonds is 16. The predicted octanol–water partition coefficient (Wildman–Crippen LogP) is 5.10. The monoisotopic (exact) mass is 350 g/mol. The molecule has 0 fully saturated rings. The van der Waals surface area contributed by atoms with Crippen LogP contribution in [-0.4, -0.2) is 29.4 Å². The fraction of sp³-hybridized carbons (Fsp3) is 1.00. The summed E-state index contributed by atoms with van der Waals surface area (Å²) < 4.78 is 32.4. The van der Waals surface area contributed by atoms with Crippen LogP contribution in [0.5, 0.6) is 0 Å². The van der Waals surface area contributed by atoms with E-state index in [0.29, 0.717) is 12.8 Å². The third kappa shape index (κ3) is 12.9. The molecule has 23 heavy (non-hydrogen) atoms. The summed E-state index contributed by atoms with van der Waals surface area (Å²) in [5.74, 6) is 0. The summed E-state index contributed by atoms with van der Waals surface area (Å²) in [5, 5.41) is 9.14.